The van der Waals surface area contributed by atoms with Gasteiger partial charge < -0.3 is 4.42 Å². The van der Waals surface area contributed by atoms with Crippen LogP contribution in [0.15, 0.2) is 168 Å². The fourth-order valence-corrected chi connectivity index (χ4v) is 7.27. The van der Waals surface area contributed by atoms with E-state index in [-0.39, 0.29) is 0 Å². The number of fused-ring (bicyclic) bond motifs is 9. The summed E-state index contributed by atoms with van der Waals surface area (Å²) in [5.74, 6) is 0.660. The summed E-state index contributed by atoms with van der Waals surface area (Å²) < 4.78 is 6.16. The monoisotopic (exact) mass is 625 g/mol. The summed E-state index contributed by atoms with van der Waals surface area (Å²) in [6.45, 7) is 0. The van der Waals surface area contributed by atoms with Crippen LogP contribution in [-0.2, 0) is 0 Å². The fourth-order valence-electron chi connectivity index (χ4n) is 7.27. The second kappa shape index (κ2) is 11.0. The van der Waals surface area contributed by atoms with Gasteiger partial charge in [-0.05, 0) is 80.3 Å². The number of nitrogens with zero attached hydrogens (tertiary/aromatic N) is 3. The summed E-state index contributed by atoms with van der Waals surface area (Å²) in [4.78, 5) is 14.9. The SMILES string of the molecule is c1cncc(-c2ccccc2-c2nc(-c3ccc4oc5ccccc5c4c3)cc(-c3ccc4c5ccccc5c5ccccc5c4c3)n2)c1. The second-order valence-corrected chi connectivity index (χ2v) is 12.4. The van der Waals surface area contributed by atoms with Crippen LogP contribution in [0, 0.1) is 0 Å². The molecule has 3 aromatic heterocycles. The molecule has 0 spiro atoms. The molecule has 4 heteroatoms. The van der Waals surface area contributed by atoms with E-state index in [1.54, 1.807) is 6.20 Å². The number of rotatable bonds is 4. The van der Waals surface area contributed by atoms with Crippen LogP contribution in [0.3, 0.4) is 0 Å². The molecule has 0 fully saturated rings. The van der Waals surface area contributed by atoms with Crippen molar-refractivity contribution in [3.63, 3.8) is 0 Å². The first-order chi connectivity index (χ1) is 24.3. The van der Waals surface area contributed by atoms with Crippen LogP contribution in [0.1, 0.15) is 0 Å². The number of pyridine rings is 1. The van der Waals surface area contributed by atoms with Gasteiger partial charge in [0.1, 0.15) is 11.2 Å². The van der Waals surface area contributed by atoms with Crippen molar-refractivity contribution in [3.8, 4) is 45.0 Å². The van der Waals surface area contributed by atoms with Crippen LogP contribution < -0.4 is 0 Å². The Morgan fingerprint density at radius 1 is 0.367 bits per heavy atom. The van der Waals surface area contributed by atoms with E-state index in [1.807, 2.05) is 48.7 Å². The molecule has 0 N–H and O–H groups in total. The summed E-state index contributed by atoms with van der Waals surface area (Å²) >= 11 is 0. The van der Waals surface area contributed by atoms with Gasteiger partial charge in [-0.3, -0.25) is 4.98 Å². The Morgan fingerprint density at radius 2 is 0.918 bits per heavy atom. The van der Waals surface area contributed by atoms with Crippen molar-refractivity contribution in [2.75, 3.05) is 0 Å². The molecule has 4 nitrogen and oxygen atoms in total. The van der Waals surface area contributed by atoms with Gasteiger partial charge in [0.25, 0.3) is 0 Å². The molecule has 49 heavy (non-hydrogen) atoms. The largest absolute Gasteiger partial charge is 0.456 e. The number of para-hydroxylation sites is 1. The molecule has 0 aliphatic heterocycles. The predicted octanol–water partition coefficient (Wildman–Crippen LogP) is 11.9. The van der Waals surface area contributed by atoms with Gasteiger partial charge in [-0.25, -0.2) is 9.97 Å². The van der Waals surface area contributed by atoms with E-state index in [0.29, 0.717) is 5.82 Å². The van der Waals surface area contributed by atoms with Crippen molar-refractivity contribution < 1.29 is 4.42 Å². The highest BCUT2D eigenvalue weighted by molar-refractivity contribution is 6.25. The van der Waals surface area contributed by atoms with E-state index in [2.05, 4.69) is 114 Å². The summed E-state index contributed by atoms with van der Waals surface area (Å²) in [5.41, 5.74) is 8.47. The van der Waals surface area contributed by atoms with Crippen molar-refractivity contribution in [2.45, 2.75) is 0 Å². The molecule has 3 heterocycles. The van der Waals surface area contributed by atoms with Crippen molar-refractivity contribution >= 4 is 54.3 Å². The summed E-state index contributed by atoms with van der Waals surface area (Å²) in [6, 6.07) is 53.0. The van der Waals surface area contributed by atoms with Crippen LogP contribution >= 0.6 is 0 Å². The average Bonchev–Trinajstić information content (AvgIpc) is 3.56. The third-order valence-electron chi connectivity index (χ3n) is 9.58. The highest BCUT2D eigenvalue weighted by atomic mass is 16.3. The Kier molecular flexibility index (Phi) is 6.15. The standard InChI is InChI=1S/C45H27N3O/c1-6-17-38(31(11-1)30-10-9-23-46-27-30)45-47-41(26-42(48-45)29-20-22-44-40(25-29)37-16-7-8-18-43(37)49-44)28-19-21-36-34-14-3-2-12-32(34)33-13-4-5-15-35(33)39(36)24-28/h1-27H. The van der Waals surface area contributed by atoms with Gasteiger partial charge in [0, 0.05) is 45.4 Å². The molecule has 0 amide bonds. The number of furan rings is 1. The Balaban J connectivity index is 1.23. The van der Waals surface area contributed by atoms with Crippen LogP contribution in [0.2, 0.25) is 0 Å². The Labute approximate surface area is 282 Å². The normalized spacial score (nSPS) is 11.7. The van der Waals surface area contributed by atoms with Gasteiger partial charge >= 0.3 is 0 Å². The smallest absolute Gasteiger partial charge is 0.161 e. The third-order valence-corrected chi connectivity index (χ3v) is 9.58. The average molecular weight is 626 g/mol. The molecule has 0 aliphatic rings. The molecule has 0 unspecified atom stereocenters. The van der Waals surface area contributed by atoms with Gasteiger partial charge in [0.05, 0.1) is 11.4 Å². The molecule has 0 aliphatic carbocycles. The van der Waals surface area contributed by atoms with Crippen LogP contribution in [0.5, 0.6) is 0 Å². The third kappa shape index (κ3) is 4.49. The van der Waals surface area contributed by atoms with Gasteiger partial charge in [0.15, 0.2) is 5.82 Å². The molecular formula is C45H27N3O. The molecule has 0 saturated carbocycles. The highest BCUT2D eigenvalue weighted by Crippen LogP contribution is 2.39. The summed E-state index contributed by atoms with van der Waals surface area (Å²) in [5, 5.41) is 9.57. The van der Waals surface area contributed by atoms with E-state index >= 15 is 0 Å². The molecular weight excluding hydrogens is 599 g/mol. The zero-order valence-electron chi connectivity index (χ0n) is 26.3. The van der Waals surface area contributed by atoms with Crippen LogP contribution in [-0.4, -0.2) is 15.0 Å². The highest BCUT2D eigenvalue weighted by Gasteiger charge is 2.17. The number of hydrogen-bond donors (Lipinski definition) is 0. The summed E-state index contributed by atoms with van der Waals surface area (Å²) in [7, 11) is 0. The van der Waals surface area contributed by atoms with Gasteiger partial charge in [0.2, 0.25) is 0 Å². The van der Waals surface area contributed by atoms with E-state index in [0.717, 1.165) is 61.1 Å². The number of hydrogen-bond acceptors (Lipinski definition) is 4. The molecule has 0 bridgehead atoms. The quantitative estimate of drug-likeness (QED) is 0.183. The molecule has 0 atom stereocenters. The minimum atomic E-state index is 0.660. The molecule has 10 rings (SSSR count). The lowest BCUT2D eigenvalue weighted by atomic mass is 9.92. The molecule has 0 saturated heterocycles. The van der Waals surface area contributed by atoms with Crippen LogP contribution in [0.4, 0.5) is 0 Å². The lowest BCUT2D eigenvalue weighted by Gasteiger charge is -2.14. The molecule has 0 radical (unpaired) electrons. The first-order valence-electron chi connectivity index (χ1n) is 16.4. The summed E-state index contributed by atoms with van der Waals surface area (Å²) in [6.07, 6.45) is 3.68. The Morgan fingerprint density at radius 3 is 1.61 bits per heavy atom. The van der Waals surface area contributed by atoms with Gasteiger partial charge in [-0.1, -0.05) is 109 Å². The van der Waals surface area contributed by atoms with Gasteiger partial charge in [-0.2, -0.15) is 0 Å². The van der Waals surface area contributed by atoms with E-state index < -0.39 is 0 Å². The molecule has 10 aromatic rings. The lowest BCUT2D eigenvalue weighted by molar-refractivity contribution is 0.669. The first-order valence-corrected chi connectivity index (χ1v) is 16.4. The second-order valence-electron chi connectivity index (χ2n) is 12.4. The zero-order chi connectivity index (χ0) is 32.3. The van der Waals surface area contributed by atoms with E-state index in [1.165, 1.54) is 32.3 Å². The maximum absolute atomic E-state index is 6.16. The maximum atomic E-state index is 6.16. The van der Waals surface area contributed by atoms with Crippen molar-refractivity contribution in [2.24, 2.45) is 0 Å². The lowest BCUT2D eigenvalue weighted by Crippen LogP contribution is -1.97. The number of benzene rings is 7. The molecule has 228 valence electrons. The van der Waals surface area contributed by atoms with E-state index in [4.69, 9.17) is 14.4 Å². The van der Waals surface area contributed by atoms with Crippen LogP contribution in [0.25, 0.3) is 99.3 Å². The minimum Gasteiger partial charge on any atom is -0.456 e. The fraction of sp³-hybridized carbons (Fsp3) is 0. The Hall–Kier alpha value is -6.65. The van der Waals surface area contributed by atoms with Gasteiger partial charge in [-0.15, -0.1) is 0 Å². The Bertz CT molecular complexity index is 2860. The zero-order valence-corrected chi connectivity index (χ0v) is 26.3. The number of aromatic nitrogens is 3. The first kappa shape index (κ1) is 27.5. The van der Waals surface area contributed by atoms with Crippen molar-refractivity contribution in [1.29, 1.82) is 0 Å². The van der Waals surface area contributed by atoms with Crippen molar-refractivity contribution in [1.82, 2.24) is 15.0 Å². The van der Waals surface area contributed by atoms with E-state index in [9.17, 15) is 0 Å². The van der Waals surface area contributed by atoms with Crippen molar-refractivity contribution in [3.05, 3.63) is 164 Å². The minimum absolute atomic E-state index is 0.660. The predicted molar refractivity (Wildman–Crippen MR) is 201 cm³/mol. The maximum Gasteiger partial charge on any atom is 0.161 e. The molecule has 7 aromatic carbocycles. The topological polar surface area (TPSA) is 51.8 Å².